The van der Waals surface area contributed by atoms with Crippen molar-refractivity contribution in [3.8, 4) is 11.5 Å². The smallest absolute Gasteiger partial charge is 0.224 e. The summed E-state index contributed by atoms with van der Waals surface area (Å²) in [6.07, 6.45) is 3.38. The summed E-state index contributed by atoms with van der Waals surface area (Å²) in [7, 11) is 0. The molecule has 0 saturated carbocycles. The average molecular weight is 249 g/mol. The summed E-state index contributed by atoms with van der Waals surface area (Å²) in [5.74, 6) is 1.51. The second-order valence-corrected chi connectivity index (χ2v) is 4.36. The lowest BCUT2D eigenvalue weighted by atomic mass is 10.2. The van der Waals surface area contributed by atoms with E-state index in [4.69, 9.17) is 9.47 Å². The number of carbonyl (C=O) groups excluding carboxylic acids is 1. The maximum atomic E-state index is 11.6. The monoisotopic (exact) mass is 249 g/mol. The number of rotatable bonds is 4. The quantitative estimate of drug-likeness (QED) is 0.892. The Morgan fingerprint density at radius 2 is 2.06 bits per heavy atom. The van der Waals surface area contributed by atoms with Gasteiger partial charge in [0.2, 0.25) is 5.91 Å². The Kier molecular flexibility index (Phi) is 4.45. The lowest BCUT2D eigenvalue weighted by Gasteiger charge is -2.10. The number of fused-ring (bicyclic) bond motifs is 1. The van der Waals surface area contributed by atoms with E-state index in [1.54, 1.807) is 0 Å². The fourth-order valence-electron chi connectivity index (χ4n) is 1.80. The minimum Gasteiger partial charge on any atom is -0.490 e. The van der Waals surface area contributed by atoms with Crippen LogP contribution in [0.4, 0.5) is 5.69 Å². The predicted octanol–water partition coefficient (Wildman–Crippen LogP) is 2.98. The maximum absolute atomic E-state index is 11.6. The zero-order valence-corrected chi connectivity index (χ0v) is 10.7. The third-order valence-electron chi connectivity index (χ3n) is 2.79. The van der Waals surface area contributed by atoms with Crippen molar-refractivity contribution in [2.45, 2.75) is 32.6 Å². The Morgan fingerprint density at radius 1 is 1.28 bits per heavy atom. The van der Waals surface area contributed by atoms with Crippen LogP contribution in [0.2, 0.25) is 0 Å². The van der Waals surface area contributed by atoms with Gasteiger partial charge in [0.05, 0.1) is 13.2 Å². The average Bonchev–Trinajstić information content (AvgIpc) is 2.61. The van der Waals surface area contributed by atoms with E-state index in [1.165, 1.54) is 0 Å². The van der Waals surface area contributed by atoms with Crippen LogP contribution in [-0.4, -0.2) is 19.1 Å². The molecule has 0 fully saturated rings. The molecule has 0 spiro atoms. The van der Waals surface area contributed by atoms with E-state index in [1.807, 2.05) is 18.2 Å². The second kappa shape index (κ2) is 6.28. The summed E-state index contributed by atoms with van der Waals surface area (Å²) in [6.45, 7) is 3.40. The van der Waals surface area contributed by atoms with Crippen LogP contribution < -0.4 is 14.8 Å². The van der Waals surface area contributed by atoms with E-state index in [0.29, 0.717) is 25.4 Å². The van der Waals surface area contributed by atoms with Crippen LogP contribution in [0.1, 0.15) is 32.6 Å². The number of benzene rings is 1. The number of anilines is 1. The lowest BCUT2D eigenvalue weighted by Crippen LogP contribution is -2.11. The van der Waals surface area contributed by atoms with Crippen molar-refractivity contribution in [1.82, 2.24) is 0 Å². The number of carbonyl (C=O) groups is 1. The fraction of sp³-hybridized carbons (Fsp3) is 0.500. The van der Waals surface area contributed by atoms with Crippen molar-refractivity contribution >= 4 is 11.6 Å². The van der Waals surface area contributed by atoms with Crippen LogP contribution in [0.15, 0.2) is 18.2 Å². The Balaban J connectivity index is 2.01. The van der Waals surface area contributed by atoms with E-state index in [-0.39, 0.29) is 5.91 Å². The van der Waals surface area contributed by atoms with Crippen LogP contribution in [-0.2, 0) is 4.79 Å². The van der Waals surface area contributed by atoms with Gasteiger partial charge in [0.1, 0.15) is 0 Å². The van der Waals surface area contributed by atoms with Crippen LogP contribution in [0.25, 0.3) is 0 Å². The molecule has 1 aromatic rings. The van der Waals surface area contributed by atoms with Crippen molar-refractivity contribution < 1.29 is 14.3 Å². The van der Waals surface area contributed by atoms with Gasteiger partial charge in [-0.05, 0) is 18.6 Å². The van der Waals surface area contributed by atoms with E-state index in [9.17, 15) is 4.79 Å². The van der Waals surface area contributed by atoms with Crippen molar-refractivity contribution in [3.05, 3.63) is 18.2 Å². The second-order valence-electron chi connectivity index (χ2n) is 4.36. The zero-order valence-electron chi connectivity index (χ0n) is 10.7. The molecule has 4 heteroatoms. The van der Waals surface area contributed by atoms with E-state index < -0.39 is 0 Å². The molecule has 0 aliphatic carbocycles. The van der Waals surface area contributed by atoms with Crippen molar-refractivity contribution in [2.75, 3.05) is 18.5 Å². The highest BCUT2D eigenvalue weighted by molar-refractivity contribution is 5.91. The summed E-state index contributed by atoms with van der Waals surface area (Å²) >= 11 is 0. The molecular formula is C14H19NO3. The molecule has 1 aliphatic rings. The third-order valence-corrected chi connectivity index (χ3v) is 2.79. The Morgan fingerprint density at radius 3 is 2.83 bits per heavy atom. The number of amides is 1. The zero-order chi connectivity index (χ0) is 12.8. The Hall–Kier alpha value is -1.71. The summed E-state index contributed by atoms with van der Waals surface area (Å²) in [5.41, 5.74) is 0.764. The van der Waals surface area contributed by atoms with Gasteiger partial charge < -0.3 is 14.8 Å². The van der Waals surface area contributed by atoms with Gasteiger partial charge in [-0.15, -0.1) is 0 Å². The third kappa shape index (κ3) is 3.39. The van der Waals surface area contributed by atoms with Crippen LogP contribution in [0.5, 0.6) is 11.5 Å². The highest BCUT2D eigenvalue weighted by Crippen LogP contribution is 2.32. The number of ether oxygens (including phenoxy) is 2. The molecule has 2 rings (SSSR count). The molecule has 1 heterocycles. The summed E-state index contributed by atoms with van der Waals surface area (Å²) in [5, 5.41) is 2.87. The topological polar surface area (TPSA) is 47.6 Å². The molecule has 0 unspecified atom stereocenters. The van der Waals surface area contributed by atoms with Crippen LogP contribution >= 0.6 is 0 Å². The molecule has 1 N–H and O–H groups in total. The first-order chi connectivity index (χ1) is 8.79. The number of nitrogens with one attached hydrogen (secondary N) is 1. The molecule has 1 aliphatic heterocycles. The van der Waals surface area contributed by atoms with Gasteiger partial charge in [0.15, 0.2) is 11.5 Å². The van der Waals surface area contributed by atoms with Gasteiger partial charge in [-0.3, -0.25) is 4.79 Å². The number of hydrogen-bond acceptors (Lipinski definition) is 3. The lowest BCUT2D eigenvalue weighted by molar-refractivity contribution is -0.116. The highest BCUT2D eigenvalue weighted by Gasteiger charge is 2.11. The van der Waals surface area contributed by atoms with E-state index >= 15 is 0 Å². The molecule has 4 nitrogen and oxygen atoms in total. The van der Waals surface area contributed by atoms with Gasteiger partial charge in [0.25, 0.3) is 0 Å². The molecule has 0 bridgehead atoms. The molecular weight excluding hydrogens is 230 g/mol. The van der Waals surface area contributed by atoms with Crippen molar-refractivity contribution in [2.24, 2.45) is 0 Å². The van der Waals surface area contributed by atoms with Gasteiger partial charge >= 0.3 is 0 Å². The van der Waals surface area contributed by atoms with Crippen molar-refractivity contribution in [3.63, 3.8) is 0 Å². The predicted molar refractivity (Wildman–Crippen MR) is 70.2 cm³/mol. The van der Waals surface area contributed by atoms with Crippen molar-refractivity contribution in [1.29, 1.82) is 0 Å². The maximum Gasteiger partial charge on any atom is 0.224 e. The Labute approximate surface area is 107 Å². The molecule has 0 atom stereocenters. The SMILES string of the molecule is CCCCC(=O)Nc1ccc2c(c1)OCCCO2. The van der Waals surface area contributed by atoms with Crippen LogP contribution in [0, 0.1) is 0 Å². The molecule has 98 valence electrons. The fourth-order valence-corrected chi connectivity index (χ4v) is 1.80. The molecule has 0 saturated heterocycles. The number of unbranched alkanes of at least 4 members (excludes halogenated alkanes) is 1. The van der Waals surface area contributed by atoms with Gasteiger partial charge in [-0.25, -0.2) is 0 Å². The first kappa shape index (κ1) is 12.7. The highest BCUT2D eigenvalue weighted by atomic mass is 16.5. The van der Waals surface area contributed by atoms with Gasteiger partial charge in [-0.2, -0.15) is 0 Å². The summed E-state index contributed by atoms with van der Waals surface area (Å²) in [6, 6.07) is 5.51. The van der Waals surface area contributed by atoms with Gasteiger partial charge in [0, 0.05) is 24.6 Å². The first-order valence-electron chi connectivity index (χ1n) is 6.49. The van der Waals surface area contributed by atoms with E-state index in [0.717, 1.165) is 30.7 Å². The summed E-state index contributed by atoms with van der Waals surface area (Å²) < 4.78 is 11.1. The number of hydrogen-bond donors (Lipinski definition) is 1. The minimum atomic E-state index is 0.0475. The minimum absolute atomic E-state index is 0.0475. The van der Waals surface area contributed by atoms with Gasteiger partial charge in [-0.1, -0.05) is 13.3 Å². The Bertz CT molecular complexity index is 418. The van der Waals surface area contributed by atoms with Crippen LogP contribution in [0.3, 0.4) is 0 Å². The van der Waals surface area contributed by atoms with E-state index in [2.05, 4.69) is 12.2 Å². The molecule has 1 amide bonds. The molecule has 0 radical (unpaired) electrons. The first-order valence-corrected chi connectivity index (χ1v) is 6.49. The largest absolute Gasteiger partial charge is 0.490 e. The summed E-state index contributed by atoms with van der Waals surface area (Å²) in [4.78, 5) is 11.6. The molecule has 0 aromatic heterocycles. The molecule has 18 heavy (non-hydrogen) atoms. The normalized spacial score (nSPS) is 13.8. The standard InChI is InChI=1S/C14H19NO3/c1-2-3-5-14(16)15-11-6-7-12-13(10-11)18-9-4-8-17-12/h6-7,10H,2-5,8-9H2,1H3,(H,15,16). The molecule has 1 aromatic carbocycles.